The third-order valence-electron chi connectivity index (χ3n) is 9.98. The molecule has 1 fully saturated rings. The van der Waals surface area contributed by atoms with E-state index in [0.29, 0.717) is 35.0 Å². The van der Waals surface area contributed by atoms with Gasteiger partial charge in [-0.25, -0.2) is 32.0 Å². The number of sulfonamides is 1. The number of nitrogens with zero attached hydrogens (tertiary/aromatic N) is 5. The van der Waals surface area contributed by atoms with Gasteiger partial charge in [0.15, 0.2) is 5.69 Å². The van der Waals surface area contributed by atoms with E-state index in [-0.39, 0.29) is 28.9 Å². The molecule has 3 aromatic heterocycles. The van der Waals surface area contributed by atoms with Crippen molar-refractivity contribution in [1.82, 2.24) is 24.5 Å². The Hall–Kier alpha value is -5.42. The molecule has 0 radical (unpaired) electrons. The lowest BCUT2D eigenvalue weighted by Crippen LogP contribution is -2.46. The van der Waals surface area contributed by atoms with Crippen molar-refractivity contribution in [2.24, 2.45) is 5.92 Å². The molecule has 0 aliphatic heterocycles. The van der Waals surface area contributed by atoms with Crippen LogP contribution in [0.1, 0.15) is 100 Å². The molecule has 1 aliphatic rings. The third kappa shape index (κ3) is 8.99. The molecule has 3 N–H and O–H groups in total. The predicted molar refractivity (Wildman–Crippen MR) is 212 cm³/mol. The number of pyridine rings is 2. The van der Waals surface area contributed by atoms with E-state index in [1.165, 1.54) is 36.7 Å². The summed E-state index contributed by atoms with van der Waals surface area (Å²) in [5, 5.41) is 17.3. The van der Waals surface area contributed by atoms with Crippen LogP contribution in [-0.4, -0.2) is 57.1 Å². The molecule has 1 saturated carbocycles. The van der Waals surface area contributed by atoms with Gasteiger partial charge in [-0.15, -0.1) is 0 Å². The van der Waals surface area contributed by atoms with Crippen LogP contribution in [0.15, 0.2) is 73.1 Å². The minimum absolute atomic E-state index is 0.0273. The van der Waals surface area contributed by atoms with E-state index >= 15 is 4.39 Å². The van der Waals surface area contributed by atoms with Crippen molar-refractivity contribution in [3.05, 3.63) is 107 Å². The van der Waals surface area contributed by atoms with Gasteiger partial charge in [-0.05, 0) is 98.5 Å². The largest absolute Gasteiger partial charge is 0.465 e. The molecule has 1 unspecified atom stereocenters. The van der Waals surface area contributed by atoms with Crippen molar-refractivity contribution in [3.63, 3.8) is 0 Å². The number of carbonyl (C=O) groups excluding carboxylic acids is 1. The van der Waals surface area contributed by atoms with Crippen molar-refractivity contribution in [2.75, 3.05) is 16.5 Å². The first kappa shape index (κ1) is 42.2. The van der Waals surface area contributed by atoms with E-state index < -0.39 is 67.6 Å². The van der Waals surface area contributed by atoms with Gasteiger partial charge in [0.2, 0.25) is 10.0 Å². The molecule has 12 nitrogen and oxygen atoms in total. The predicted octanol–water partition coefficient (Wildman–Crippen LogP) is 8.79. The number of hydrogen-bond donors (Lipinski definition) is 3. The molecule has 3 heterocycles. The summed E-state index contributed by atoms with van der Waals surface area (Å²) in [6.07, 6.45) is 0.547. The van der Waals surface area contributed by atoms with Crippen LogP contribution < -0.4 is 14.9 Å². The summed E-state index contributed by atoms with van der Waals surface area (Å²) in [6.45, 7) is 10.7. The summed E-state index contributed by atoms with van der Waals surface area (Å²) in [4.78, 5) is 36.6. The third-order valence-corrected chi connectivity index (χ3v) is 10.7. The number of fused-ring (bicyclic) bond motifs is 1. The van der Waals surface area contributed by atoms with Gasteiger partial charge < -0.3 is 10.4 Å². The molecule has 6 rings (SSSR count). The Bertz CT molecular complexity index is 2490. The van der Waals surface area contributed by atoms with E-state index in [9.17, 15) is 36.3 Å². The van der Waals surface area contributed by atoms with Crippen molar-refractivity contribution in [1.29, 1.82) is 0 Å². The van der Waals surface area contributed by atoms with Crippen LogP contribution in [0.3, 0.4) is 0 Å². The lowest BCUT2D eigenvalue weighted by Gasteiger charge is -2.36. The first-order valence-electron chi connectivity index (χ1n) is 18.5. The molecule has 0 bridgehead atoms. The highest BCUT2D eigenvalue weighted by molar-refractivity contribution is 7.88. The summed E-state index contributed by atoms with van der Waals surface area (Å²) in [7, 11) is -3.90. The monoisotopic (exact) mass is 823 g/mol. The summed E-state index contributed by atoms with van der Waals surface area (Å²) >= 11 is 0. The number of aromatic nitrogens is 4. The second-order valence-corrected chi connectivity index (χ2v) is 18.5. The fourth-order valence-electron chi connectivity index (χ4n) is 6.95. The second kappa shape index (κ2) is 15.1. The topological polar surface area (TPSA) is 159 Å². The van der Waals surface area contributed by atoms with Crippen molar-refractivity contribution in [2.45, 2.75) is 89.9 Å². The standard InChI is InChI=1S/C41H45F4N7O5S/c1-38(2,3)33-20-25-10-12-28(22-29(25)35(48-33)51(37(54)55)39(4,5)6)52-32(23-34(49-52)41(43,44)45)36(53)47-31-21-27(11-13-30(31)42)40(50-58(7,56)57,17-14-24-8-9-24)26-15-18-46-19-16-26/h10-13,15-16,18-24,50H,8-9,14,17H2,1-7H3,(H,47,53)(H,54,55). The van der Waals surface area contributed by atoms with E-state index in [0.717, 1.165) is 34.7 Å². The van der Waals surface area contributed by atoms with Crippen LogP contribution in [0.4, 0.5) is 33.9 Å². The van der Waals surface area contributed by atoms with Gasteiger partial charge in [0.05, 0.1) is 23.2 Å². The molecule has 17 heteroatoms. The fourth-order valence-corrected chi connectivity index (χ4v) is 7.93. The summed E-state index contributed by atoms with van der Waals surface area (Å²) in [5.41, 5.74) is -4.08. The van der Waals surface area contributed by atoms with Crippen LogP contribution in [-0.2, 0) is 27.2 Å². The molecule has 58 heavy (non-hydrogen) atoms. The number of rotatable bonds is 11. The highest BCUT2D eigenvalue weighted by Gasteiger charge is 2.40. The number of carboxylic acid groups (broad SMARTS) is 1. The summed E-state index contributed by atoms with van der Waals surface area (Å²) in [5.74, 6) is -1.70. The maximum Gasteiger partial charge on any atom is 0.435 e. The number of carbonyl (C=O) groups is 2. The maximum atomic E-state index is 15.7. The number of hydrogen-bond acceptors (Lipinski definition) is 7. The lowest BCUT2D eigenvalue weighted by molar-refractivity contribution is -0.141. The normalized spacial score (nSPS) is 14.9. The van der Waals surface area contributed by atoms with E-state index in [2.05, 4.69) is 20.1 Å². The van der Waals surface area contributed by atoms with Gasteiger partial charge in [0.1, 0.15) is 17.3 Å². The van der Waals surface area contributed by atoms with Crippen molar-refractivity contribution < 1.29 is 40.7 Å². The quantitative estimate of drug-likeness (QED) is 0.112. The van der Waals surface area contributed by atoms with Crippen molar-refractivity contribution >= 4 is 44.3 Å². The molecule has 5 aromatic rings. The van der Waals surface area contributed by atoms with Crippen LogP contribution in [0.2, 0.25) is 0 Å². The molecule has 308 valence electrons. The van der Waals surface area contributed by atoms with E-state index in [4.69, 9.17) is 4.98 Å². The molecule has 2 amide bonds. The molecular weight excluding hydrogens is 779 g/mol. The number of alkyl halides is 3. The lowest BCUT2D eigenvalue weighted by atomic mass is 9.79. The van der Waals surface area contributed by atoms with Crippen LogP contribution in [0.5, 0.6) is 0 Å². The van der Waals surface area contributed by atoms with E-state index in [1.807, 2.05) is 20.8 Å². The number of halogens is 4. The zero-order chi connectivity index (χ0) is 42.6. The summed E-state index contributed by atoms with van der Waals surface area (Å²) < 4.78 is 87.7. The summed E-state index contributed by atoms with van der Waals surface area (Å²) in [6, 6.07) is 13.7. The zero-order valence-electron chi connectivity index (χ0n) is 33.1. The Labute approximate surface area is 333 Å². The molecule has 1 atom stereocenters. The van der Waals surface area contributed by atoms with Crippen LogP contribution in [0, 0.1) is 11.7 Å². The molecule has 0 spiro atoms. The highest BCUT2D eigenvalue weighted by Crippen LogP contribution is 2.43. The van der Waals surface area contributed by atoms with Crippen molar-refractivity contribution in [3.8, 4) is 5.69 Å². The second-order valence-electron chi connectivity index (χ2n) is 16.7. The smallest absolute Gasteiger partial charge is 0.435 e. The SMILES string of the molecule is CC(C)(C)c1cc2ccc(-n3nc(C(F)(F)F)cc3C(=O)Nc3cc(C(CCC4CC4)(NS(C)(=O)=O)c4ccncc4)ccc3F)cc2c(N(C(=O)O)C(C)(C)C)n1. The Morgan fingerprint density at radius 2 is 1.59 bits per heavy atom. The number of anilines is 2. The van der Waals surface area contributed by atoms with Gasteiger partial charge in [0.25, 0.3) is 5.91 Å². The zero-order valence-corrected chi connectivity index (χ0v) is 33.9. The molecule has 0 saturated heterocycles. The molecule has 2 aromatic carbocycles. The average Bonchev–Trinajstić information content (AvgIpc) is 3.83. The van der Waals surface area contributed by atoms with Gasteiger partial charge in [-0.1, -0.05) is 45.7 Å². The first-order valence-corrected chi connectivity index (χ1v) is 20.4. The van der Waals surface area contributed by atoms with Crippen LogP contribution in [0.25, 0.3) is 16.5 Å². The Morgan fingerprint density at radius 1 is 0.914 bits per heavy atom. The molecule has 1 aliphatic carbocycles. The maximum absolute atomic E-state index is 15.7. The van der Waals surface area contributed by atoms with Gasteiger partial charge in [-0.3, -0.25) is 14.7 Å². The van der Waals surface area contributed by atoms with Gasteiger partial charge >= 0.3 is 12.3 Å². The Balaban J connectivity index is 1.48. The Morgan fingerprint density at radius 3 is 2.16 bits per heavy atom. The van der Waals surface area contributed by atoms with Gasteiger partial charge in [0, 0.05) is 40.5 Å². The minimum atomic E-state index is -4.99. The Kier molecular flexibility index (Phi) is 11.0. The van der Waals surface area contributed by atoms with Gasteiger partial charge in [-0.2, -0.15) is 18.3 Å². The number of benzene rings is 2. The fraction of sp³-hybridized carbons (Fsp3) is 0.390. The molecular formula is C41H45F4N7O5S. The highest BCUT2D eigenvalue weighted by atomic mass is 32.2. The minimum Gasteiger partial charge on any atom is -0.465 e. The first-order chi connectivity index (χ1) is 26.9. The number of amides is 2. The number of nitrogens with one attached hydrogen (secondary N) is 2. The van der Waals surface area contributed by atoms with Crippen LogP contribution >= 0.6 is 0 Å². The van der Waals surface area contributed by atoms with E-state index in [1.54, 1.807) is 45.0 Å². The average molecular weight is 824 g/mol.